The third-order valence-corrected chi connectivity index (χ3v) is 2.40. The van der Waals surface area contributed by atoms with Crippen molar-refractivity contribution in [2.24, 2.45) is 5.92 Å². The molecular weight excluding hydrogens is 198 g/mol. The monoisotopic (exact) mass is 219 g/mol. The van der Waals surface area contributed by atoms with Crippen LogP contribution in [0.4, 0.5) is 0 Å². The van der Waals surface area contributed by atoms with Crippen molar-refractivity contribution >= 4 is 0 Å². The molecule has 0 saturated heterocycles. The minimum absolute atomic E-state index is 0.638. The molecule has 0 radical (unpaired) electrons. The minimum Gasteiger partial charge on any atom is -0.354 e. The summed E-state index contributed by atoms with van der Waals surface area (Å²) >= 11 is 0. The van der Waals surface area contributed by atoms with Crippen molar-refractivity contribution in [1.82, 2.24) is 9.88 Å². The summed E-state index contributed by atoms with van der Waals surface area (Å²) in [7, 11) is 0. The molecule has 1 heterocycles. The van der Waals surface area contributed by atoms with E-state index in [1.807, 2.05) is 0 Å². The largest absolute Gasteiger partial charge is 0.354 e. The van der Waals surface area contributed by atoms with Crippen LogP contribution in [-0.2, 0) is 13.1 Å². The number of unbranched alkanes of at least 4 members (excludes halogenated alkanes) is 1. The number of nitriles is 1. The van der Waals surface area contributed by atoms with Gasteiger partial charge in [-0.1, -0.05) is 13.8 Å². The van der Waals surface area contributed by atoms with Crippen LogP contribution in [0.25, 0.3) is 0 Å². The van der Waals surface area contributed by atoms with E-state index in [1.54, 1.807) is 0 Å². The third kappa shape index (κ3) is 4.99. The highest BCUT2D eigenvalue weighted by Crippen LogP contribution is 2.03. The van der Waals surface area contributed by atoms with Crippen molar-refractivity contribution in [3.63, 3.8) is 0 Å². The summed E-state index contributed by atoms with van der Waals surface area (Å²) in [5, 5.41) is 11.9. The van der Waals surface area contributed by atoms with Gasteiger partial charge in [0.1, 0.15) is 0 Å². The van der Waals surface area contributed by atoms with Crippen molar-refractivity contribution in [3.8, 4) is 6.07 Å². The number of nitrogens with zero attached hydrogens (tertiary/aromatic N) is 2. The van der Waals surface area contributed by atoms with Crippen LogP contribution in [-0.4, -0.2) is 11.1 Å². The molecule has 1 N–H and O–H groups in total. The molecule has 0 saturated carbocycles. The van der Waals surface area contributed by atoms with E-state index in [1.165, 1.54) is 5.56 Å². The first kappa shape index (κ1) is 12.8. The second kappa shape index (κ2) is 7.08. The van der Waals surface area contributed by atoms with E-state index in [2.05, 4.69) is 48.3 Å². The highest BCUT2D eigenvalue weighted by atomic mass is 14.9. The second-order valence-electron chi connectivity index (χ2n) is 4.54. The van der Waals surface area contributed by atoms with Gasteiger partial charge in [-0.15, -0.1) is 0 Å². The Labute approximate surface area is 98.1 Å². The van der Waals surface area contributed by atoms with E-state index in [9.17, 15) is 0 Å². The summed E-state index contributed by atoms with van der Waals surface area (Å²) in [6.07, 6.45) is 5.82. The Balaban J connectivity index is 2.26. The number of hydrogen-bond donors (Lipinski definition) is 1. The van der Waals surface area contributed by atoms with E-state index in [0.29, 0.717) is 12.3 Å². The van der Waals surface area contributed by atoms with Crippen molar-refractivity contribution in [3.05, 3.63) is 24.0 Å². The number of nitrogens with one attached hydrogen (secondary N) is 1. The maximum Gasteiger partial charge on any atom is 0.0622 e. The van der Waals surface area contributed by atoms with Gasteiger partial charge in [-0.3, -0.25) is 0 Å². The standard InChI is InChI=1S/C13H21N3/c1-12(2)9-15-10-13-5-8-16(11-13)7-4-3-6-14/h5,8,11-12,15H,3-4,7,9-10H2,1-2H3. The first-order chi connectivity index (χ1) is 7.72. The molecule has 0 fully saturated rings. The zero-order chi connectivity index (χ0) is 11.8. The van der Waals surface area contributed by atoms with E-state index >= 15 is 0 Å². The fraction of sp³-hybridized carbons (Fsp3) is 0.615. The Kier molecular flexibility index (Phi) is 5.66. The summed E-state index contributed by atoms with van der Waals surface area (Å²) in [4.78, 5) is 0. The molecule has 0 aliphatic carbocycles. The molecule has 3 heteroatoms. The Morgan fingerprint density at radius 2 is 2.31 bits per heavy atom. The Morgan fingerprint density at radius 1 is 1.50 bits per heavy atom. The molecule has 0 amide bonds. The topological polar surface area (TPSA) is 40.8 Å². The fourth-order valence-corrected chi connectivity index (χ4v) is 1.58. The van der Waals surface area contributed by atoms with Gasteiger partial charge in [0.05, 0.1) is 6.07 Å². The molecule has 0 aliphatic rings. The van der Waals surface area contributed by atoms with Gasteiger partial charge in [-0.25, -0.2) is 0 Å². The molecule has 0 spiro atoms. The van der Waals surface area contributed by atoms with Crippen LogP contribution in [0.3, 0.4) is 0 Å². The quantitative estimate of drug-likeness (QED) is 0.716. The zero-order valence-electron chi connectivity index (χ0n) is 10.2. The molecule has 1 aromatic heterocycles. The van der Waals surface area contributed by atoms with E-state index in [0.717, 1.165) is 26.1 Å². The first-order valence-electron chi connectivity index (χ1n) is 5.94. The van der Waals surface area contributed by atoms with Gasteiger partial charge in [0, 0.05) is 31.9 Å². The highest BCUT2D eigenvalue weighted by Gasteiger charge is 1.98. The van der Waals surface area contributed by atoms with Crippen molar-refractivity contribution in [1.29, 1.82) is 5.26 Å². The molecular formula is C13H21N3. The van der Waals surface area contributed by atoms with Crippen LogP contribution in [0.2, 0.25) is 0 Å². The molecule has 1 rings (SSSR count). The lowest BCUT2D eigenvalue weighted by molar-refractivity contribution is 0.551. The Hall–Kier alpha value is -1.27. The first-order valence-corrected chi connectivity index (χ1v) is 5.94. The number of aromatic nitrogens is 1. The van der Waals surface area contributed by atoms with E-state index in [-0.39, 0.29) is 0 Å². The van der Waals surface area contributed by atoms with Crippen molar-refractivity contribution in [2.75, 3.05) is 6.54 Å². The summed E-state index contributed by atoms with van der Waals surface area (Å²) in [6, 6.07) is 4.30. The van der Waals surface area contributed by atoms with Crippen LogP contribution in [0, 0.1) is 17.2 Å². The van der Waals surface area contributed by atoms with Crippen molar-refractivity contribution in [2.45, 2.75) is 39.8 Å². The van der Waals surface area contributed by atoms with Gasteiger partial charge in [0.25, 0.3) is 0 Å². The molecule has 0 aromatic carbocycles. The second-order valence-corrected chi connectivity index (χ2v) is 4.54. The summed E-state index contributed by atoms with van der Waals surface area (Å²) in [6.45, 7) is 7.35. The van der Waals surface area contributed by atoms with Gasteiger partial charge in [-0.05, 0) is 30.5 Å². The lowest BCUT2D eigenvalue weighted by Crippen LogP contribution is -2.18. The lowest BCUT2D eigenvalue weighted by Gasteiger charge is -2.05. The number of rotatable bonds is 7. The predicted octanol–water partition coefficient (Wildman–Crippen LogP) is 2.54. The molecule has 0 aliphatic heterocycles. The number of aryl methyl sites for hydroxylation is 1. The maximum absolute atomic E-state index is 8.45. The lowest BCUT2D eigenvalue weighted by atomic mass is 10.2. The highest BCUT2D eigenvalue weighted by molar-refractivity contribution is 5.09. The van der Waals surface area contributed by atoms with Crippen LogP contribution in [0.5, 0.6) is 0 Å². The zero-order valence-corrected chi connectivity index (χ0v) is 10.2. The molecule has 0 bridgehead atoms. The molecule has 0 unspecified atom stereocenters. The summed E-state index contributed by atoms with van der Waals surface area (Å²) in [5.74, 6) is 0.692. The van der Waals surface area contributed by atoms with E-state index < -0.39 is 0 Å². The number of hydrogen-bond acceptors (Lipinski definition) is 2. The van der Waals surface area contributed by atoms with Crippen LogP contribution < -0.4 is 5.32 Å². The van der Waals surface area contributed by atoms with Crippen LogP contribution >= 0.6 is 0 Å². The smallest absolute Gasteiger partial charge is 0.0622 e. The summed E-state index contributed by atoms with van der Waals surface area (Å²) in [5.41, 5.74) is 1.32. The van der Waals surface area contributed by atoms with Gasteiger partial charge < -0.3 is 9.88 Å². The van der Waals surface area contributed by atoms with E-state index in [4.69, 9.17) is 5.26 Å². The van der Waals surface area contributed by atoms with Crippen molar-refractivity contribution < 1.29 is 0 Å². The Morgan fingerprint density at radius 3 is 3.00 bits per heavy atom. The maximum atomic E-state index is 8.45. The van der Waals surface area contributed by atoms with Gasteiger partial charge in [0.2, 0.25) is 0 Å². The molecule has 16 heavy (non-hydrogen) atoms. The minimum atomic E-state index is 0.638. The Bertz CT molecular complexity index is 333. The molecule has 88 valence electrons. The normalized spacial score (nSPS) is 10.6. The molecule has 0 atom stereocenters. The van der Waals surface area contributed by atoms with Crippen LogP contribution in [0.15, 0.2) is 18.5 Å². The molecule has 1 aromatic rings. The van der Waals surface area contributed by atoms with Crippen LogP contribution in [0.1, 0.15) is 32.3 Å². The third-order valence-electron chi connectivity index (χ3n) is 2.40. The van der Waals surface area contributed by atoms with Gasteiger partial charge in [0.15, 0.2) is 0 Å². The molecule has 3 nitrogen and oxygen atoms in total. The van der Waals surface area contributed by atoms with Gasteiger partial charge >= 0.3 is 0 Å². The fourth-order valence-electron chi connectivity index (χ4n) is 1.58. The average molecular weight is 219 g/mol. The predicted molar refractivity (Wildman–Crippen MR) is 65.8 cm³/mol. The van der Waals surface area contributed by atoms with Gasteiger partial charge in [-0.2, -0.15) is 5.26 Å². The SMILES string of the molecule is CC(C)CNCc1ccn(CCCC#N)c1. The summed E-state index contributed by atoms with van der Waals surface area (Å²) < 4.78 is 2.16. The average Bonchev–Trinajstić information content (AvgIpc) is 2.66.